The van der Waals surface area contributed by atoms with Crippen LogP contribution in [0.25, 0.3) is 0 Å². The molecular formula is C18H24N3O3S+. The van der Waals surface area contributed by atoms with Gasteiger partial charge in [-0.3, -0.25) is 9.59 Å². The van der Waals surface area contributed by atoms with Crippen molar-refractivity contribution in [2.24, 2.45) is 0 Å². The van der Waals surface area contributed by atoms with Gasteiger partial charge in [0.2, 0.25) is 0 Å². The summed E-state index contributed by atoms with van der Waals surface area (Å²) in [7, 11) is 3.40. The molecule has 0 aliphatic rings. The highest BCUT2D eigenvalue weighted by Crippen LogP contribution is 2.17. The topological polar surface area (TPSA) is 71.9 Å². The van der Waals surface area contributed by atoms with Crippen LogP contribution in [0.4, 0.5) is 5.69 Å². The lowest BCUT2D eigenvalue weighted by molar-refractivity contribution is -0.862. The van der Waals surface area contributed by atoms with Gasteiger partial charge in [-0.25, -0.2) is 0 Å². The Balaban J connectivity index is 1.77. The monoisotopic (exact) mass is 362 g/mol. The Kier molecular flexibility index (Phi) is 6.97. The fourth-order valence-electron chi connectivity index (χ4n) is 2.42. The molecule has 1 aromatic heterocycles. The van der Waals surface area contributed by atoms with Crippen LogP contribution in [0.5, 0.6) is 5.75 Å². The Bertz CT molecular complexity index is 703. The molecule has 0 aliphatic carbocycles. The molecule has 2 aromatic rings. The van der Waals surface area contributed by atoms with Crippen molar-refractivity contribution in [2.45, 2.75) is 13.0 Å². The van der Waals surface area contributed by atoms with Crippen LogP contribution in [0, 0.1) is 0 Å². The van der Waals surface area contributed by atoms with E-state index in [0.29, 0.717) is 11.4 Å². The molecule has 0 bridgehead atoms. The SMILES string of the molecule is COc1cccc(NC(=O)C[NH+](C)CC(=O)N[C@H](C)c2cccs2)c1. The van der Waals surface area contributed by atoms with Gasteiger partial charge >= 0.3 is 0 Å². The zero-order valence-electron chi connectivity index (χ0n) is 14.7. The van der Waals surface area contributed by atoms with E-state index in [1.807, 2.05) is 43.6 Å². The maximum absolute atomic E-state index is 12.1. The molecule has 1 unspecified atom stereocenters. The van der Waals surface area contributed by atoms with Crippen LogP contribution in [-0.4, -0.2) is 39.1 Å². The third-order valence-electron chi connectivity index (χ3n) is 3.63. The van der Waals surface area contributed by atoms with E-state index in [-0.39, 0.29) is 30.9 Å². The molecule has 6 nitrogen and oxygen atoms in total. The Morgan fingerprint density at radius 3 is 2.64 bits per heavy atom. The molecule has 134 valence electrons. The quantitative estimate of drug-likeness (QED) is 0.658. The number of hydrogen-bond donors (Lipinski definition) is 3. The number of ether oxygens (including phenoxy) is 1. The van der Waals surface area contributed by atoms with Crippen LogP contribution in [-0.2, 0) is 9.59 Å². The first kappa shape index (κ1) is 19.0. The summed E-state index contributed by atoms with van der Waals surface area (Å²) in [5.74, 6) is 0.456. The van der Waals surface area contributed by atoms with Crippen LogP contribution >= 0.6 is 11.3 Å². The molecule has 0 spiro atoms. The second kappa shape index (κ2) is 9.19. The molecule has 7 heteroatoms. The van der Waals surface area contributed by atoms with Crippen molar-refractivity contribution in [3.05, 3.63) is 46.7 Å². The molecule has 0 saturated carbocycles. The Hall–Kier alpha value is -2.38. The first-order valence-electron chi connectivity index (χ1n) is 8.06. The van der Waals surface area contributed by atoms with Crippen molar-refractivity contribution in [1.82, 2.24) is 5.32 Å². The smallest absolute Gasteiger partial charge is 0.279 e. The van der Waals surface area contributed by atoms with Crippen molar-refractivity contribution in [2.75, 3.05) is 32.6 Å². The number of benzene rings is 1. The average Bonchev–Trinajstić information content (AvgIpc) is 3.09. The number of carbonyl (C=O) groups excluding carboxylic acids is 2. The second-order valence-electron chi connectivity index (χ2n) is 5.90. The maximum atomic E-state index is 12.1. The van der Waals surface area contributed by atoms with Gasteiger partial charge in [0, 0.05) is 16.6 Å². The number of quaternary nitrogens is 1. The van der Waals surface area contributed by atoms with Crippen LogP contribution in [0.2, 0.25) is 0 Å². The zero-order chi connectivity index (χ0) is 18.2. The molecule has 2 amide bonds. The Labute approximate surface area is 151 Å². The summed E-state index contributed by atoms with van der Waals surface area (Å²) >= 11 is 1.61. The molecule has 0 aliphatic heterocycles. The van der Waals surface area contributed by atoms with Crippen LogP contribution in [0.3, 0.4) is 0 Å². The molecule has 0 saturated heterocycles. The molecule has 0 fully saturated rings. The van der Waals surface area contributed by atoms with Crippen LogP contribution in [0.1, 0.15) is 17.8 Å². The summed E-state index contributed by atoms with van der Waals surface area (Å²) in [4.78, 5) is 26.1. The summed E-state index contributed by atoms with van der Waals surface area (Å²) in [5.41, 5.74) is 0.674. The Morgan fingerprint density at radius 2 is 1.96 bits per heavy atom. The summed E-state index contributed by atoms with van der Waals surface area (Å²) in [5, 5.41) is 7.75. The van der Waals surface area contributed by atoms with Gasteiger partial charge in [-0.05, 0) is 30.5 Å². The van der Waals surface area contributed by atoms with Gasteiger partial charge in [0.25, 0.3) is 11.8 Å². The fourth-order valence-corrected chi connectivity index (χ4v) is 3.15. The normalized spacial score (nSPS) is 12.9. The Morgan fingerprint density at radius 1 is 1.20 bits per heavy atom. The summed E-state index contributed by atoms with van der Waals surface area (Å²) in [6, 6.07) is 11.1. The molecule has 2 atom stereocenters. The van der Waals surface area contributed by atoms with Crippen molar-refractivity contribution >= 4 is 28.8 Å². The van der Waals surface area contributed by atoms with E-state index in [0.717, 1.165) is 9.78 Å². The van der Waals surface area contributed by atoms with Crippen molar-refractivity contribution in [3.63, 3.8) is 0 Å². The highest BCUT2D eigenvalue weighted by molar-refractivity contribution is 7.10. The van der Waals surface area contributed by atoms with Gasteiger partial charge in [0.05, 0.1) is 20.2 Å². The number of likely N-dealkylation sites (N-methyl/N-ethyl adjacent to an activating group) is 1. The van der Waals surface area contributed by atoms with Gasteiger partial charge in [0.15, 0.2) is 13.1 Å². The number of rotatable bonds is 8. The third-order valence-corrected chi connectivity index (χ3v) is 4.68. The lowest BCUT2D eigenvalue weighted by atomic mass is 10.2. The van der Waals surface area contributed by atoms with E-state index in [1.165, 1.54) is 0 Å². The number of amides is 2. The number of anilines is 1. The van der Waals surface area contributed by atoms with E-state index in [2.05, 4.69) is 10.6 Å². The predicted octanol–water partition coefficient (Wildman–Crippen LogP) is 1.09. The first-order valence-corrected chi connectivity index (χ1v) is 8.94. The highest BCUT2D eigenvalue weighted by atomic mass is 32.1. The zero-order valence-corrected chi connectivity index (χ0v) is 15.5. The molecular weight excluding hydrogens is 338 g/mol. The van der Waals surface area contributed by atoms with Gasteiger partial charge in [-0.2, -0.15) is 0 Å². The standard InChI is InChI=1S/C18H23N3O3S/c1-13(16-8-5-9-25-16)19-17(22)11-21(2)12-18(23)20-14-6-4-7-15(10-14)24-3/h4-10,13H,11-12H2,1-3H3,(H,19,22)(H,20,23)/p+1/t13-/m1/s1. The van der Waals surface area contributed by atoms with E-state index in [9.17, 15) is 9.59 Å². The number of thiophene rings is 1. The van der Waals surface area contributed by atoms with E-state index in [1.54, 1.807) is 30.6 Å². The van der Waals surface area contributed by atoms with Crippen molar-refractivity contribution in [1.29, 1.82) is 0 Å². The lowest BCUT2D eigenvalue weighted by Crippen LogP contribution is -3.11. The fraction of sp³-hybridized carbons (Fsp3) is 0.333. The van der Waals surface area contributed by atoms with Crippen LogP contribution < -0.4 is 20.3 Å². The van der Waals surface area contributed by atoms with Crippen molar-refractivity contribution in [3.8, 4) is 5.75 Å². The predicted molar refractivity (Wildman–Crippen MR) is 99.1 cm³/mol. The van der Waals surface area contributed by atoms with Gasteiger partial charge < -0.3 is 20.3 Å². The summed E-state index contributed by atoms with van der Waals surface area (Å²) < 4.78 is 5.13. The molecule has 1 aromatic carbocycles. The third kappa shape index (κ3) is 6.21. The van der Waals surface area contributed by atoms with E-state index < -0.39 is 0 Å². The first-order chi connectivity index (χ1) is 12.0. The minimum atomic E-state index is -0.148. The number of carbonyl (C=O) groups is 2. The van der Waals surface area contributed by atoms with Crippen LogP contribution in [0.15, 0.2) is 41.8 Å². The number of hydrogen-bond acceptors (Lipinski definition) is 4. The number of methoxy groups -OCH3 is 1. The van der Waals surface area contributed by atoms with E-state index >= 15 is 0 Å². The van der Waals surface area contributed by atoms with Gasteiger partial charge in [-0.1, -0.05) is 12.1 Å². The van der Waals surface area contributed by atoms with E-state index in [4.69, 9.17) is 4.74 Å². The largest absolute Gasteiger partial charge is 0.497 e. The molecule has 2 rings (SSSR count). The minimum Gasteiger partial charge on any atom is -0.497 e. The number of nitrogens with one attached hydrogen (secondary N) is 3. The minimum absolute atomic E-state index is 0.0223. The molecule has 25 heavy (non-hydrogen) atoms. The molecule has 1 heterocycles. The molecule has 3 N–H and O–H groups in total. The van der Waals surface area contributed by atoms with Gasteiger partial charge in [0.1, 0.15) is 5.75 Å². The maximum Gasteiger partial charge on any atom is 0.279 e. The second-order valence-corrected chi connectivity index (χ2v) is 6.87. The lowest BCUT2D eigenvalue weighted by Gasteiger charge is -2.16. The highest BCUT2D eigenvalue weighted by Gasteiger charge is 2.17. The summed E-state index contributed by atoms with van der Waals surface area (Å²) in [6.07, 6.45) is 0. The summed E-state index contributed by atoms with van der Waals surface area (Å²) in [6.45, 7) is 2.40. The molecule has 0 radical (unpaired) electrons. The average molecular weight is 362 g/mol. The van der Waals surface area contributed by atoms with Crippen molar-refractivity contribution < 1.29 is 19.2 Å². The van der Waals surface area contributed by atoms with Gasteiger partial charge in [-0.15, -0.1) is 11.3 Å².